The molecule has 0 fully saturated rings. The van der Waals surface area contributed by atoms with Gasteiger partial charge in [-0.2, -0.15) is 0 Å². The van der Waals surface area contributed by atoms with Crippen molar-refractivity contribution in [2.75, 3.05) is 27.2 Å². The van der Waals surface area contributed by atoms with Crippen molar-refractivity contribution in [3.05, 3.63) is 35.2 Å². The molecule has 0 radical (unpaired) electrons. The van der Waals surface area contributed by atoms with Crippen molar-refractivity contribution in [1.29, 1.82) is 0 Å². The number of likely N-dealkylation sites (N-methyl/N-ethyl adjacent to an activating group) is 2. The van der Waals surface area contributed by atoms with Gasteiger partial charge in [0.05, 0.1) is 9.58 Å². The molecule has 0 bridgehead atoms. The number of carbonyl (C=O) groups excluding carboxylic acids is 1. The highest BCUT2D eigenvalue weighted by atomic mass is 35.5. The van der Waals surface area contributed by atoms with E-state index in [0.29, 0.717) is 0 Å². The molecule has 2 heterocycles. The molecule has 0 unspecified atom stereocenters. The average Bonchev–Trinajstić information content (AvgIpc) is 3.01. The summed E-state index contributed by atoms with van der Waals surface area (Å²) in [7, 11) is 3.75. The molecule has 1 N–H and O–H groups in total. The lowest BCUT2D eigenvalue weighted by Crippen LogP contribution is -2.32. The van der Waals surface area contributed by atoms with Crippen molar-refractivity contribution in [3.63, 3.8) is 0 Å². The standard InChI is InChI=1S/C15H16N2OS2.ClH/c1-16-7-8-17(2)15(18)13-9-12-14(20-13)10-5-3-4-6-11(10)19-12;/h3-6,9,16H,7-8H2,1-2H3;1H. The van der Waals surface area contributed by atoms with Gasteiger partial charge in [0, 0.05) is 34.9 Å². The van der Waals surface area contributed by atoms with Crippen LogP contribution < -0.4 is 5.32 Å². The number of nitrogens with one attached hydrogen (secondary N) is 1. The molecule has 1 aromatic carbocycles. The summed E-state index contributed by atoms with van der Waals surface area (Å²) in [5.41, 5.74) is 0. The molecule has 0 aliphatic rings. The quantitative estimate of drug-likeness (QED) is 0.782. The molecule has 6 heteroatoms. The van der Waals surface area contributed by atoms with Crippen LogP contribution in [0.1, 0.15) is 9.67 Å². The van der Waals surface area contributed by atoms with Crippen molar-refractivity contribution in [3.8, 4) is 0 Å². The summed E-state index contributed by atoms with van der Waals surface area (Å²) in [5.74, 6) is 0.109. The highest BCUT2D eigenvalue weighted by molar-refractivity contribution is 7.33. The van der Waals surface area contributed by atoms with Gasteiger partial charge in [-0.15, -0.1) is 35.1 Å². The molecule has 0 spiro atoms. The molecule has 21 heavy (non-hydrogen) atoms. The van der Waals surface area contributed by atoms with Crippen LogP contribution in [0.25, 0.3) is 19.5 Å². The van der Waals surface area contributed by atoms with Crippen molar-refractivity contribution < 1.29 is 4.79 Å². The Morgan fingerprint density at radius 2 is 2.00 bits per heavy atom. The molecule has 0 saturated heterocycles. The zero-order valence-corrected chi connectivity index (χ0v) is 14.3. The van der Waals surface area contributed by atoms with Crippen LogP contribution in [-0.4, -0.2) is 38.0 Å². The lowest BCUT2D eigenvalue weighted by Gasteiger charge is -2.15. The Kier molecular flexibility index (Phi) is 5.22. The Morgan fingerprint density at radius 3 is 2.76 bits per heavy atom. The van der Waals surface area contributed by atoms with Gasteiger partial charge in [-0.05, 0) is 19.2 Å². The zero-order chi connectivity index (χ0) is 14.1. The predicted octanol–water partition coefficient (Wildman–Crippen LogP) is 3.83. The maximum Gasteiger partial charge on any atom is 0.263 e. The van der Waals surface area contributed by atoms with E-state index in [4.69, 9.17) is 0 Å². The van der Waals surface area contributed by atoms with E-state index in [-0.39, 0.29) is 18.3 Å². The van der Waals surface area contributed by atoms with E-state index >= 15 is 0 Å². The van der Waals surface area contributed by atoms with Gasteiger partial charge in [-0.3, -0.25) is 4.79 Å². The average molecular weight is 341 g/mol. The molecule has 112 valence electrons. The summed E-state index contributed by atoms with van der Waals surface area (Å²) in [6.07, 6.45) is 0. The van der Waals surface area contributed by atoms with Crippen LogP contribution in [-0.2, 0) is 0 Å². The van der Waals surface area contributed by atoms with E-state index in [1.807, 2.05) is 20.2 Å². The minimum absolute atomic E-state index is 0. The van der Waals surface area contributed by atoms with Gasteiger partial charge in [-0.1, -0.05) is 18.2 Å². The van der Waals surface area contributed by atoms with Crippen molar-refractivity contribution in [2.45, 2.75) is 0 Å². The van der Waals surface area contributed by atoms with Crippen LogP contribution in [0, 0.1) is 0 Å². The number of hydrogen-bond donors (Lipinski definition) is 1. The van der Waals surface area contributed by atoms with Crippen LogP contribution in [0.5, 0.6) is 0 Å². The van der Waals surface area contributed by atoms with Gasteiger partial charge >= 0.3 is 0 Å². The number of rotatable bonds is 4. The van der Waals surface area contributed by atoms with Gasteiger partial charge < -0.3 is 10.2 Å². The smallest absolute Gasteiger partial charge is 0.263 e. The highest BCUT2D eigenvalue weighted by Crippen LogP contribution is 2.39. The lowest BCUT2D eigenvalue weighted by molar-refractivity contribution is 0.0801. The van der Waals surface area contributed by atoms with Crippen LogP contribution in [0.2, 0.25) is 0 Å². The van der Waals surface area contributed by atoms with Gasteiger partial charge in [-0.25, -0.2) is 0 Å². The van der Waals surface area contributed by atoms with Gasteiger partial charge in [0.2, 0.25) is 0 Å². The minimum atomic E-state index is 0. The molecule has 0 aliphatic heterocycles. The SMILES string of the molecule is CNCCN(C)C(=O)c1cc2sc3ccccc3c2s1.Cl. The van der Waals surface area contributed by atoms with Gasteiger partial charge in [0.15, 0.2) is 0 Å². The third kappa shape index (κ3) is 3.06. The molecule has 3 aromatic rings. The van der Waals surface area contributed by atoms with E-state index in [2.05, 4.69) is 29.6 Å². The molecule has 0 saturated carbocycles. The summed E-state index contributed by atoms with van der Waals surface area (Å²) in [6, 6.07) is 10.4. The van der Waals surface area contributed by atoms with E-state index < -0.39 is 0 Å². The summed E-state index contributed by atoms with van der Waals surface area (Å²) < 4.78 is 3.73. The first kappa shape index (κ1) is 16.2. The van der Waals surface area contributed by atoms with E-state index in [0.717, 1.165) is 18.0 Å². The molecule has 3 rings (SSSR count). The first-order valence-electron chi connectivity index (χ1n) is 6.52. The maximum atomic E-state index is 12.4. The fourth-order valence-corrected chi connectivity index (χ4v) is 4.69. The molecular weight excluding hydrogens is 324 g/mol. The second-order valence-electron chi connectivity index (χ2n) is 4.73. The first-order chi connectivity index (χ1) is 9.70. The second-order valence-corrected chi connectivity index (χ2v) is 6.87. The third-order valence-electron chi connectivity index (χ3n) is 3.30. The summed E-state index contributed by atoms with van der Waals surface area (Å²) in [5, 5.41) is 4.32. The van der Waals surface area contributed by atoms with Crippen LogP contribution in [0.4, 0.5) is 0 Å². The number of benzene rings is 1. The Hall–Kier alpha value is -1.14. The first-order valence-corrected chi connectivity index (χ1v) is 8.15. The molecule has 3 nitrogen and oxygen atoms in total. The lowest BCUT2D eigenvalue weighted by atomic mass is 10.2. The fourth-order valence-electron chi connectivity index (χ4n) is 2.17. The third-order valence-corrected chi connectivity index (χ3v) is 5.71. The Labute approximate surface area is 138 Å². The largest absolute Gasteiger partial charge is 0.340 e. The number of amides is 1. The van der Waals surface area contributed by atoms with E-state index in [1.165, 1.54) is 19.5 Å². The van der Waals surface area contributed by atoms with Crippen LogP contribution in [0.15, 0.2) is 30.3 Å². The van der Waals surface area contributed by atoms with Crippen LogP contribution >= 0.6 is 35.1 Å². The maximum absolute atomic E-state index is 12.4. The van der Waals surface area contributed by atoms with Gasteiger partial charge in [0.1, 0.15) is 0 Å². The summed E-state index contributed by atoms with van der Waals surface area (Å²) in [4.78, 5) is 15.0. The second kappa shape index (κ2) is 6.75. The Morgan fingerprint density at radius 1 is 1.24 bits per heavy atom. The topological polar surface area (TPSA) is 32.3 Å². The monoisotopic (exact) mass is 340 g/mol. The molecular formula is C15H17ClN2OS2. The Bertz CT molecular complexity index is 765. The van der Waals surface area contributed by atoms with Crippen molar-refractivity contribution in [1.82, 2.24) is 10.2 Å². The normalized spacial score (nSPS) is 10.8. The predicted molar refractivity (Wildman–Crippen MR) is 95.3 cm³/mol. The Balaban J connectivity index is 0.00000161. The number of halogens is 1. The van der Waals surface area contributed by atoms with Crippen LogP contribution in [0.3, 0.4) is 0 Å². The van der Waals surface area contributed by atoms with Crippen molar-refractivity contribution in [2.24, 2.45) is 0 Å². The number of thiophene rings is 2. The fraction of sp³-hybridized carbons (Fsp3) is 0.267. The number of hydrogen-bond acceptors (Lipinski definition) is 4. The zero-order valence-electron chi connectivity index (χ0n) is 11.9. The number of fused-ring (bicyclic) bond motifs is 3. The highest BCUT2D eigenvalue weighted by Gasteiger charge is 2.16. The molecule has 0 aliphatic carbocycles. The van der Waals surface area contributed by atoms with Gasteiger partial charge in [0.25, 0.3) is 5.91 Å². The summed E-state index contributed by atoms with van der Waals surface area (Å²) in [6.45, 7) is 1.53. The number of carbonyl (C=O) groups is 1. The minimum Gasteiger partial charge on any atom is -0.340 e. The van der Waals surface area contributed by atoms with E-state index in [9.17, 15) is 4.79 Å². The number of nitrogens with zero attached hydrogens (tertiary/aromatic N) is 1. The van der Waals surface area contributed by atoms with Crippen molar-refractivity contribution >= 4 is 60.5 Å². The molecule has 1 amide bonds. The molecule has 0 atom stereocenters. The molecule has 2 aromatic heterocycles. The summed E-state index contributed by atoms with van der Waals surface area (Å²) >= 11 is 3.36. The van der Waals surface area contributed by atoms with E-state index in [1.54, 1.807) is 27.6 Å².